The Morgan fingerprint density at radius 1 is 0.968 bits per heavy atom. The zero-order chi connectivity index (χ0) is 22.0. The summed E-state index contributed by atoms with van der Waals surface area (Å²) in [7, 11) is 3.23. The topological polar surface area (TPSA) is 49.2 Å². The minimum Gasteiger partial charge on any atom is -0.493 e. The molecule has 0 fully saturated rings. The number of aromatic nitrogens is 3. The molecule has 0 unspecified atom stereocenters. The van der Waals surface area contributed by atoms with Gasteiger partial charge in [-0.1, -0.05) is 23.2 Å². The standard InChI is InChI=1S/C23H19Cl2N3O2S/c1-14-18(23(25)28(27-14)17-7-5-16(24)6-8-17)9-11-22-26-19(13-31-22)15-4-10-20(29-2)21(12-15)30-3/h4-13H,1-3H3/b11-9+. The summed E-state index contributed by atoms with van der Waals surface area (Å²) in [6, 6.07) is 13.1. The van der Waals surface area contributed by atoms with Crippen molar-refractivity contribution in [3.63, 3.8) is 0 Å². The van der Waals surface area contributed by atoms with E-state index in [1.165, 1.54) is 0 Å². The Morgan fingerprint density at radius 3 is 2.42 bits per heavy atom. The zero-order valence-electron chi connectivity index (χ0n) is 17.1. The number of rotatable bonds is 6. The van der Waals surface area contributed by atoms with Gasteiger partial charge in [-0.15, -0.1) is 11.3 Å². The summed E-state index contributed by atoms with van der Waals surface area (Å²) in [6.07, 6.45) is 3.88. The van der Waals surface area contributed by atoms with Crippen LogP contribution in [0.15, 0.2) is 47.8 Å². The first-order valence-electron chi connectivity index (χ1n) is 9.37. The third kappa shape index (κ3) is 4.46. The smallest absolute Gasteiger partial charge is 0.161 e. The van der Waals surface area contributed by atoms with Crippen LogP contribution in [0.4, 0.5) is 0 Å². The molecule has 4 aromatic rings. The van der Waals surface area contributed by atoms with Gasteiger partial charge in [-0.3, -0.25) is 0 Å². The van der Waals surface area contributed by atoms with Crippen LogP contribution in [0.1, 0.15) is 16.3 Å². The molecule has 2 heterocycles. The molecule has 2 aromatic carbocycles. The Bertz CT molecular complexity index is 1250. The Balaban J connectivity index is 1.59. The highest BCUT2D eigenvalue weighted by Gasteiger charge is 2.13. The molecule has 31 heavy (non-hydrogen) atoms. The number of hydrogen-bond acceptors (Lipinski definition) is 5. The van der Waals surface area contributed by atoms with Crippen molar-refractivity contribution in [2.24, 2.45) is 0 Å². The zero-order valence-corrected chi connectivity index (χ0v) is 19.4. The van der Waals surface area contributed by atoms with Gasteiger partial charge in [0.05, 0.1) is 31.3 Å². The van der Waals surface area contributed by atoms with E-state index in [1.807, 2.05) is 66.9 Å². The van der Waals surface area contributed by atoms with Crippen LogP contribution in [0.25, 0.3) is 29.1 Å². The molecule has 0 amide bonds. The molecule has 158 valence electrons. The maximum atomic E-state index is 6.61. The molecule has 0 saturated heterocycles. The molecule has 0 N–H and O–H groups in total. The number of hydrogen-bond donors (Lipinski definition) is 0. The second-order valence-electron chi connectivity index (χ2n) is 6.65. The van der Waals surface area contributed by atoms with Gasteiger partial charge in [0.15, 0.2) is 11.5 Å². The first-order chi connectivity index (χ1) is 15.0. The Hall–Kier alpha value is -2.80. The van der Waals surface area contributed by atoms with E-state index in [0.29, 0.717) is 21.7 Å². The van der Waals surface area contributed by atoms with Gasteiger partial charge in [-0.05, 0) is 61.5 Å². The second-order valence-corrected chi connectivity index (χ2v) is 8.34. The lowest BCUT2D eigenvalue weighted by Crippen LogP contribution is -1.96. The molecule has 0 atom stereocenters. The minimum atomic E-state index is 0.535. The monoisotopic (exact) mass is 471 g/mol. The molecule has 0 bridgehead atoms. The van der Waals surface area contributed by atoms with Crippen LogP contribution in [0.2, 0.25) is 10.2 Å². The Morgan fingerprint density at radius 2 is 1.71 bits per heavy atom. The van der Waals surface area contributed by atoms with Crippen LogP contribution in [0.3, 0.4) is 0 Å². The summed E-state index contributed by atoms with van der Waals surface area (Å²) < 4.78 is 12.4. The predicted octanol–water partition coefficient (Wildman–Crippen LogP) is 6.80. The van der Waals surface area contributed by atoms with Gasteiger partial charge in [0.25, 0.3) is 0 Å². The lowest BCUT2D eigenvalue weighted by molar-refractivity contribution is 0.355. The van der Waals surface area contributed by atoms with Crippen molar-refractivity contribution in [1.82, 2.24) is 14.8 Å². The van der Waals surface area contributed by atoms with Gasteiger partial charge in [0.1, 0.15) is 10.2 Å². The quantitative estimate of drug-likeness (QED) is 0.310. The van der Waals surface area contributed by atoms with E-state index in [2.05, 4.69) is 5.10 Å². The Labute approximate surface area is 194 Å². The normalized spacial score (nSPS) is 11.3. The van der Waals surface area contributed by atoms with Crippen molar-refractivity contribution in [3.8, 4) is 28.4 Å². The number of ether oxygens (including phenoxy) is 2. The highest BCUT2D eigenvalue weighted by Crippen LogP contribution is 2.33. The summed E-state index contributed by atoms with van der Waals surface area (Å²) in [6.45, 7) is 1.93. The van der Waals surface area contributed by atoms with Crippen LogP contribution < -0.4 is 9.47 Å². The number of aryl methyl sites for hydroxylation is 1. The van der Waals surface area contributed by atoms with E-state index < -0.39 is 0 Å². The summed E-state index contributed by atoms with van der Waals surface area (Å²) in [5, 5.41) is 8.63. The first kappa shape index (κ1) is 21.4. The van der Waals surface area contributed by atoms with Crippen LogP contribution in [-0.2, 0) is 0 Å². The number of halogens is 2. The summed E-state index contributed by atoms with van der Waals surface area (Å²) >= 11 is 14.1. The van der Waals surface area contributed by atoms with Crippen molar-refractivity contribution in [1.29, 1.82) is 0 Å². The highest BCUT2D eigenvalue weighted by atomic mass is 35.5. The predicted molar refractivity (Wildman–Crippen MR) is 128 cm³/mol. The van der Waals surface area contributed by atoms with E-state index in [9.17, 15) is 0 Å². The van der Waals surface area contributed by atoms with Crippen molar-refractivity contribution in [2.45, 2.75) is 6.92 Å². The molecule has 0 spiro atoms. The number of thiazole rings is 1. The SMILES string of the molecule is COc1ccc(-c2csc(/C=C/c3c(C)nn(-c4ccc(Cl)cc4)c3Cl)n2)cc1OC. The van der Waals surface area contributed by atoms with E-state index in [-0.39, 0.29) is 0 Å². The van der Waals surface area contributed by atoms with Crippen LogP contribution in [0.5, 0.6) is 11.5 Å². The Kier molecular flexibility index (Phi) is 6.32. The van der Waals surface area contributed by atoms with Crippen molar-refractivity contribution in [3.05, 3.63) is 74.3 Å². The summed E-state index contributed by atoms with van der Waals surface area (Å²) in [4.78, 5) is 4.71. The number of nitrogens with zero attached hydrogens (tertiary/aromatic N) is 3. The molecule has 0 aliphatic heterocycles. The lowest BCUT2D eigenvalue weighted by atomic mass is 10.1. The largest absolute Gasteiger partial charge is 0.493 e. The van der Waals surface area contributed by atoms with E-state index in [1.54, 1.807) is 30.2 Å². The fourth-order valence-electron chi connectivity index (χ4n) is 3.10. The molecule has 0 aliphatic carbocycles. The van der Waals surface area contributed by atoms with Crippen LogP contribution >= 0.6 is 34.5 Å². The molecular weight excluding hydrogens is 453 g/mol. The third-order valence-corrected chi connectivity index (χ3v) is 6.14. The fourth-order valence-corrected chi connectivity index (χ4v) is 4.28. The first-order valence-corrected chi connectivity index (χ1v) is 11.0. The molecule has 4 rings (SSSR count). The second kappa shape index (κ2) is 9.14. The van der Waals surface area contributed by atoms with Crippen molar-refractivity contribution < 1.29 is 9.47 Å². The maximum absolute atomic E-state index is 6.61. The van der Waals surface area contributed by atoms with Gasteiger partial charge in [-0.25, -0.2) is 9.67 Å². The lowest BCUT2D eigenvalue weighted by Gasteiger charge is -2.08. The van der Waals surface area contributed by atoms with Gasteiger partial charge < -0.3 is 9.47 Å². The summed E-state index contributed by atoms with van der Waals surface area (Å²) in [5.41, 5.74) is 4.35. The highest BCUT2D eigenvalue weighted by molar-refractivity contribution is 7.10. The number of methoxy groups -OCH3 is 2. The molecule has 5 nitrogen and oxygen atoms in total. The third-order valence-electron chi connectivity index (χ3n) is 4.71. The molecule has 2 aromatic heterocycles. The molecule has 8 heteroatoms. The molecule has 0 aliphatic rings. The number of benzene rings is 2. The minimum absolute atomic E-state index is 0.535. The van der Waals surface area contributed by atoms with Crippen molar-refractivity contribution >= 4 is 46.7 Å². The van der Waals surface area contributed by atoms with Gasteiger partial charge in [0.2, 0.25) is 0 Å². The van der Waals surface area contributed by atoms with Gasteiger partial charge in [0, 0.05) is 21.5 Å². The fraction of sp³-hybridized carbons (Fsp3) is 0.130. The molecule has 0 radical (unpaired) electrons. The van der Waals surface area contributed by atoms with Crippen LogP contribution in [0, 0.1) is 6.92 Å². The van der Waals surface area contributed by atoms with Crippen molar-refractivity contribution in [2.75, 3.05) is 14.2 Å². The summed E-state index contributed by atoms with van der Waals surface area (Å²) in [5.74, 6) is 1.35. The average Bonchev–Trinajstić information content (AvgIpc) is 3.37. The van der Waals surface area contributed by atoms with Gasteiger partial charge in [-0.2, -0.15) is 5.10 Å². The van der Waals surface area contributed by atoms with Crippen LogP contribution in [-0.4, -0.2) is 29.0 Å². The van der Waals surface area contributed by atoms with Gasteiger partial charge >= 0.3 is 0 Å². The molecule has 0 saturated carbocycles. The van der Waals surface area contributed by atoms with E-state index in [0.717, 1.165) is 33.2 Å². The van der Waals surface area contributed by atoms with E-state index in [4.69, 9.17) is 37.7 Å². The molecular formula is C23H19Cl2N3O2S. The maximum Gasteiger partial charge on any atom is 0.161 e. The average molecular weight is 472 g/mol. The van der Waals surface area contributed by atoms with E-state index >= 15 is 0 Å².